The maximum absolute atomic E-state index is 11.8. The van der Waals surface area contributed by atoms with Gasteiger partial charge in [0, 0.05) is 6.54 Å². The molecule has 1 aromatic carbocycles. The van der Waals surface area contributed by atoms with Gasteiger partial charge in [-0.1, -0.05) is 30.3 Å². The van der Waals surface area contributed by atoms with Crippen molar-refractivity contribution in [2.75, 3.05) is 12.3 Å². The highest BCUT2D eigenvalue weighted by molar-refractivity contribution is 7.90. The van der Waals surface area contributed by atoms with Gasteiger partial charge in [-0.3, -0.25) is 4.79 Å². The fraction of sp³-hybridized carbons (Fsp3) is 0.462. The van der Waals surface area contributed by atoms with Crippen LogP contribution in [-0.2, 0) is 20.4 Å². The van der Waals surface area contributed by atoms with Crippen LogP contribution in [0.2, 0.25) is 0 Å². The number of sulfone groups is 1. The number of carbonyl (C=O) groups excluding carboxylic acids is 1. The molecule has 1 aromatic rings. The van der Waals surface area contributed by atoms with Gasteiger partial charge in [0.15, 0.2) is 9.84 Å². The zero-order valence-corrected chi connectivity index (χ0v) is 11.8. The van der Waals surface area contributed by atoms with Gasteiger partial charge in [0.2, 0.25) is 5.91 Å². The summed E-state index contributed by atoms with van der Waals surface area (Å²) in [6, 6.07) is 8.48. The Balaban J connectivity index is 2.34. The number of nitrogens with two attached hydrogens (primary N) is 1. The van der Waals surface area contributed by atoms with Crippen LogP contribution in [0, 0.1) is 0 Å². The maximum atomic E-state index is 11.8. The van der Waals surface area contributed by atoms with Crippen LogP contribution in [0.5, 0.6) is 0 Å². The Morgan fingerprint density at radius 3 is 2.53 bits per heavy atom. The molecule has 1 rings (SSSR count). The summed E-state index contributed by atoms with van der Waals surface area (Å²) < 4.78 is 23.7. The maximum Gasteiger partial charge on any atom is 0.236 e. The standard InChI is InChI=1S/C13H20N2O3S/c1-11(14)13(16)15-8-5-9-19(17,18)10-12-6-3-2-4-7-12/h2-4,6-7,11H,5,8-10,14H2,1H3,(H,15,16). The quantitative estimate of drug-likeness (QED) is 0.712. The Bertz CT molecular complexity index is 498. The summed E-state index contributed by atoms with van der Waals surface area (Å²) in [7, 11) is -3.14. The Hall–Kier alpha value is -1.40. The van der Waals surface area contributed by atoms with Crippen molar-refractivity contribution >= 4 is 15.7 Å². The van der Waals surface area contributed by atoms with Gasteiger partial charge in [0.05, 0.1) is 17.5 Å². The zero-order chi connectivity index (χ0) is 14.3. The first-order valence-electron chi connectivity index (χ1n) is 6.18. The first-order chi connectivity index (χ1) is 8.91. The number of rotatable bonds is 7. The van der Waals surface area contributed by atoms with Gasteiger partial charge in [-0.25, -0.2) is 8.42 Å². The molecule has 0 saturated heterocycles. The Kier molecular flexibility index (Phi) is 5.98. The fourth-order valence-electron chi connectivity index (χ4n) is 1.56. The molecule has 1 amide bonds. The van der Waals surface area contributed by atoms with Crippen molar-refractivity contribution in [1.29, 1.82) is 0 Å². The van der Waals surface area contributed by atoms with Crippen LogP contribution in [0.1, 0.15) is 18.9 Å². The van der Waals surface area contributed by atoms with E-state index >= 15 is 0 Å². The number of benzene rings is 1. The monoisotopic (exact) mass is 284 g/mol. The summed E-state index contributed by atoms with van der Waals surface area (Å²) in [5, 5.41) is 2.59. The summed E-state index contributed by atoms with van der Waals surface area (Å²) >= 11 is 0. The van der Waals surface area contributed by atoms with Crippen LogP contribution in [0.3, 0.4) is 0 Å². The molecule has 5 nitrogen and oxygen atoms in total. The molecule has 0 aliphatic heterocycles. The van der Waals surface area contributed by atoms with E-state index < -0.39 is 15.9 Å². The van der Waals surface area contributed by atoms with Crippen molar-refractivity contribution in [2.24, 2.45) is 5.73 Å². The lowest BCUT2D eigenvalue weighted by Gasteiger charge is -2.08. The van der Waals surface area contributed by atoms with Gasteiger partial charge in [0.25, 0.3) is 0 Å². The third-order valence-corrected chi connectivity index (χ3v) is 4.26. The normalized spacial score (nSPS) is 12.9. The van der Waals surface area contributed by atoms with Crippen molar-refractivity contribution in [3.8, 4) is 0 Å². The first-order valence-corrected chi connectivity index (χ1v) is 8.00. The van der Waals surface area contributed by atoms with Crippen LogP contribution in [0.15, 0.2) is 30.3 Å². The smallest absolute Gasteiger partial charge is 0.236 e. The first kappa shape index (κ1) is 15.7. The summed E-state index contributed by atoms with van der Waals surface area (Å²) in [6.45, 7) is 1.91. The van der Waals surface area contributed by atoms with Crippen LogP contribution in [0.25, 0.3) is 0 Å². The number of carbonyl (C=O) groups is 1. The van der Waals surface area contributed by atoms with Crippen LogP contribution >= 0.6 is 0 Å². The molecule has 0 aliphatic rings. The lowest BCUT2D eigenvalue weighted by Crippen LogP contribution is -2.39. The van der Waals surface area contributed by atoms with Crippen molar-refractivity contribution in [3.63, 3.8) is 0 Å². The lowest BCUT2D eigenvalue weighted by molar-refractivity contribution is -0.121. The molecule has 0 saturated carbocycles. The van der Waals surface area contributed by atoms with E-state index in [0.717, 1.165) is 5.56 Å². The van der Waals surface area contributed by atoms with Crippen LogP contribution in [-0.4, -0.2) is 32.7 Å². The van der Waals surface area contributed by atoms with Crippen LogP contribution in [0.4, 0.5) is 0 Å². The van der Waals surface area contributed by atoms with E-state index in [9.17, 15) is 13.2 Å². The van der Waals surface area contributed by atoms with Crippen molar-refractivity contribution in [3.05, 3.63) is 35.9 Å². The average Bonchev–Trinajstić information content (AvgIpc) is 2.35. The third kappa shape index (κ3) is 6.35. The molecule has 0 fully saturated rings. The molecule has 0 bridgehead atoms. The molecule has 0 aliphatic carbocycles. The second-order valence-corrected chi connectivity index (χ2v) is 6.69. The molecule has 19 heavy (non-hydrogen) atoms. The highest BCUT2D eigenvalue weighted by atomic mass is 32.2. The fourth-order valence-corrected chi connectivity index (χ4v) is 2.99. The molecule has 0 heterocycles. The van der Waals surface area contributed by atoms with Crippen LogP contribution < -0.4 is 11.1 Å². The summed E-state index contributed by atoms with van der Waals surface area (Å²) in [5.74, 6) is -0.170. The highest BCUT2D eigenvalue weighted by Crippen LogP contribution is 2.06. The van der Waals surface area contributed by atoms with E-state index in [4.69, 9.17) is 5.73 Å². The van der Waals surface area contributed by atoms with E-state index in [-0.39, 0.29) is 17.4 Å². The lowest BCUT2D eigenvalue weighted by atomic mass is 10.2. The molecule has 1 unspecified atom stereocenters. The predicted molar refractivity (Wildman–Crippen MR) is 75.2 cm³/mol. The number of hydrogen-bond donors (Lipinski definition) is 2. The SMILES string of the molecule is CC(N)C(=O)NCCCS(=O)(=O)Cc1ccccc1. The van der Waals surface area contributed by atoms with Crippen molar-refractivity contribution in [2.45, 2.75) is 25.1 Å². The van der Waals surface area contributed by atoms with Gasteiger partial charge in [-0.2, -0.15) is 0 Å². The largest absolute Gasteiger partial charge is 0.355 e. The van der Waals surface area contributed by atoms with E-state index in [0.29, 0.717) is 13.0 Å². The third-order valence-electron chi connectivity index (χ3n) is 2.57. The Morgan fingerprint density at radius 2 is 1.95 bits per heavy atom. The van der Waals surface area contributed by atoms with E-state index in [1.807, 2.05) is 18.2 Å². The molecule has 6 heteroatoms. The zero-order valence-electron chi connectivity index (χ0n) is 11.0. The second-order valence-electron chi connectivity index (χ2n) is 4.51. The van der Waals surface area contributed by atoms with Crippen molar-refractivity contribution < 1.29 is 13.2 Å². The van der Waals surface area contributed by atoms with Gasteiger partial charge < -0.3 is 11.1 Å². The predicted octanol–water partition coefficient (Wildman–Crippen LogP) is 0.455. The minimum Gasteiger partial charge on any atom is -0.355 e. The molecule has 106 valence electrons. The van der Waals surface area contributed by atoms with E-state index in [1.54, 1.807) is 19.1 Å². The Morgan fingerprint density at radius 1 is 1.32 bits per heavy atom. The topological polar surface area (TPSA) is 89.3 Å². The summed E-state index contributed by atoms with van der Waals surface area (Å²) in [4.78, 5) is 11.2. The van der Waals surface area contributed by atoms with E-state index in [1.165, 1.54) is 0 Å². The highest BCUT2D eigenvalue weighted by Gasteiger charge is 2.12. The number of amides is 1. The molecule has 1 atom stereocenters. The molecule has 0 radical (unpaired) electrons. The van der Waals surface area contributed by atoms with Gasteiger partial charge in [-0.05, 0) is 18.9 Å². The summed E-state index contributed by atoms with van der Waals surface area (Å²) in [5.41, 5.74) is 6.16. The average molecular weight is 284 g/mol. The molecule has 0 aromatic heterocycles. The molecule has 3 N–H and O–H groups in total. The van der Waals surface area contributed by atoms with E-state index in [2.05, 4.69) is 5.32 Å². The van der Waals surface area contributed by atoms with Crippen molar-refractivity contribution in [1.82, 2.24) is 5.32 Å². The molecule has 0 spiro atoms. The summed E-state index contributed by atoms with van der Waals surface area (Å²) in [6.07, 6.45) is 0.396. The Labute approximate surface area is 114 Å². The van der Waals surface area contributed by atoms with Gasteiger partial charge in [0.1, 0.15) is 0 Å². The van der Waals surface area contributed by atoms with Gasteiger partial charge in [-0.15, -0.1) is 0 Å². The molecular weight excluding hydrogens is 264 g/mol. The molecular formula is C13H20N2O3S. The second kappa shape index (κ2) is 7.25. The van der Waals surface area contributed by atoms with Gasteiger partial charge >= 0.3 is 0 Å². The number of hydrogen-bond acceptors (Lipinski definition) is 4. The minimum atomic E-state index is -3.14. The minimum absolute atomic E-state index is 0.0368. The number of nitrogens with one attached hydrogen (secondary N) is 1.